The smallest absolute Gasteiger partial charge is 0.321 e. The van der Waals surface area contributed by atoms with Crippen LogP contribution in [0, 0.1) is 0 Å². The lowest BCUT2D eigenvalue weighted by Crippen LogP contribution is -2.52. The predicted octanol–water partition coefficient (Wildman–Crippen LogP) is 3.43. The molecule has 1 saturated heterocycles. The molecule has 1 aromatic carbocycles. The number of urea groups is 1. The third-order valence-corrected chi connectivity index (χ3v) is 5.43. The molecule has 1 spiro atoms. The molecule has 156 valence electrons. The first-order valence-electron chi connectivity index (χ1n) is 10.2. The number of carbonyl (C=O) groups excluding carboxylic acids is 2. The van der Waals surface area contributed by atoms with Crippen molar-refractivity contribution >= 4 is 29.0 Å². The summed E-state index contributed by atoms with van der Waals surface area (Å²) in [5.41, 5.74) is 2.23. The van der Waals surface area contributed by atoms with Gasteiger partial charge in [0, 0.05) is 24.8 Å². The van der Waals surface area contributed by atoms with Gasteiger partial charge in [0.2, 0.25) is 0 Å². The number of pyridine rings is 1. The number of benzene rings is 1. The topological polar surface area (TPSA) is 95.9 Å². The van der Waals surface area contributed by atoms with Gasteiger partial charge in [-0.3, -0.25) is 9.78 Å². The number of piperidine rings is 1. The van der Waals surface area contributed by atoms with E-state index in [1.165, 1.54) is 5.56 Å². The van der Waals surface area contributed by atoms with Gasteiger partial charge >= 0.3 is 6.03 Å². The molecule has 0 unspecified atom stereocenters. The summed E-state index contributed by atoms with van der Waals surface area (Å²) in [5, 5.41) is 9.78. The molecule has 2 aliphatic rings. The summed E-state index contributed by atoms with van der Waals surface area (Å²) in [7, 11) is 0. The number of aryl methyl sites for hydroxylation is 1. The normalized spacial score (nSPS) is 20.4. The van der Waals surface area contributed by atoms with Crippen LogP contribution in [-0.4, -0.2) is 46.2 Å². The Bertz CT molecular complexity index is 962. The zero-order chi connectivity index (χ0) is 21.0. The second-order valence-corrected chi connectivity index (χ2v) is 7.69. The fraction of sp³-hybridized carbons (Fsp3) is 0.364. The molecular formula is C22H25N5O3. The first-order chi connectivity index (χ1) is 14.6. The Morgan fingerprint density at radius 2 is 2.07 bits per heavy atom. The van der Waals surface area contributed by atoms with Gasteiger partial charge in [-0.1, -0.05) is 24.2 Å². The van der Waals surface area contributed by atoms with Crippen molar-refractivity contribution in [2.45, 2.75) is 38.2 Å². The van der Waals surface area contributed by atoms with Crippen LogP contribution in [0.25, 0.3) is 0 Å². The van der Waals surface area contributed by atoms with Crippen molar-refractivity contribution in [2.75, 3.05) is 23.7 Å². The predicted molar refractivity (Wildman–Crippen MR) is 114 cm³/mol. The fourth-order valence-corrected chi connectivity index (χ4v) is 3.85. The molecule has 8 heteroatoms. The molecular weight excluding hydrogens is 382 g/mol. The van der Waals surface area contributed by atoms with Crippen molar-refractivity contribution in [3.8, 4) is 0 Å². The molecule has 1 fully saturated rings. The minimum Gasteiger partial charge on any atom is -0.386 e. The number of carbonyl (C=O) groups is 2. The van der Waals surface area contributed by atoms with Crippen molar-refractivity contribution in [3.05, 3.63) is 54.4 Å². The van der Waals surface area contributed by atoms with Gasteiger partial charge < -0.3 is 20.4 Å². The second kappa shape index (κ2) is 8.52. The number of nitrogens with zero attached hydrogens (tertiary/aromatic N) is 3. The standard InChI is InChI=1S/C22H25N5O3/c1-2-16-6-3-7-17(12-16)25-21(29)27-11-5-9-22(15-27)13-19(26-30-22)20(28)24-18-8-4-10-23-14-18/h3-4,6-8,10,12,14H,2,5,9,11,13,15H2,1H3,(H,24,28)(H,25,29)/t22-/m0/s1. The summed E-state index contributed by atoms with van der Waals surface area (Å²) in [6, 6.07) is 11.2. The minimum atomic E-state index is -0.650. The maximum atomic E-state index is 12.8. The van der Waals surface area contributed by atoms with E-state index in [-0.39, 0.29) is 11.9 Å². The number of hydrogen-bond acceptors (Lipinski definition) is 5. The average molecular weight is 407 g/mol. The lowest BCUT2D eigenvalue weighted by Gasteiger charge is -2.38. The van der Waals surface area contributed by atoms with Crippen molar-refractivity contribution in [1.82, 2.24) is 9.88 Å². The van der Waals surface area contributed by atoms with Crippen molar-refractivity contribution in [2.24, 2.45) is 5.16 Å². The number of nitrogens with one attached hydrogen (secondary N) is 2. The van der Waals surface area contributed by atoms with Gasteiger partial charge in [0.25, 0.3) is 5.91 Å². The van der Waals surface area contributed by atoms with E-state index in [1.807, 2.05) is 24.3 Å². The number of anilines is 2. The molecule has 0 aliphatic carbocycles. The highest BCUT2D eigenvalue weighted by Crippen LogP contribution is 2.34. The molecule has 1 aromatic heterocycles. The summed E-state index contributed by atoms with van der Waals surface area (Å²) in [6.07, 6.45) is 6.02. The average Bonchev–Trinajstić information content (AvgIpc) is 3.18. The first-order valence-corrected chi connectivity index (χ1v) is 10.2. The molecule has 4 rings (SSSR count). The first kappa shape index (κ1) is 19.9. The zero-order valence-corrected chi connectivity index (χ0v) is 16.9. The van der Waals surface area contributed by atoms with Gasteiger partial charge in [-0.25, -0.2) is 4.79 Å². The summed E-state index contributed by atoms with van der Waals surface area (Å²) in [5.74, 6) is -0.308. The molecule has 3 amide bonds. The van der Waals surface area contributed by atoms with Gasteiger partial charge in [0.15, 0.2) is 5.60 Å². The zero-order valence-electron chi connectivity index (χ0n) is 16.9. The van der Waals surface area contributed by atoms with E-state index in [2.05, 4.69) is 27.7 Å². The van der Waals surface area contributed by atoms with E-state index in [9.17, 15) is 9.59 Å². The Kier molecular flexibility index (Phi) is 5.65. The Balaban J connectivity index is 1.36. The minimum absolute atomic E-state index is 0.167. The van der Waals surface area contributed by atoms with Crippen molar-refractivity contribution < 1.29 is 14.4 Å². The van der Waals surface area contributed by atoms with Crippen LogP contribution in [0.2, 0.25) is 0 Å². The molecule has 0 bridgehead atoms. The SMILES string of the molecule is CCc1cccc(NC(=O)N2CCC[C@]3(CC(C(=O)Nc4cccnc4)=NO3)C2)c1. The molecule has 8 nitrogen and oxygen atoms in total. The van der Waals surface area contributed by atoms with E-state index in [1.54, 1.807) is 29.4 Å². The summed E-state index contributed by atoms with van der Waals surface area (Å²) in [4.78, 5) is 36.7. The lowest BCUT2D eigenvalue weighted by atomic mass is 9.88. The maximum Gasteiger partial charge on any atom is 0.321 e. The number of likely N-dealkylation sites (tertiary alicyclic amines) is 1. The number of rotatable bonds is 4. The highest BCUT2D eigenvalue weighted by Gasteiger charge is 2.45. The lowest BCUT2D eigenvalue weighted by molar-refractivity contribution is -0.110. The van der Waals surface area contributed by atoms with E-state index < -0.39 is 5.60 Å². The Hall–Kier alpha value is -3.42. The number of hydrogen-bond donors (Lipinski definition) is 2. The summed E-state index contributed by atoms with van der Waals surface area (Å²) >= 11 is 0. The largest absolute Gasteiger partial charge is 0.386 e. The van der Waals surface area contributed by atoms with E-state index >= 15 is 0 Å². The Morgan fingerprint density at radius 1 is 1.20 bits per heavy atom. The van der Waals surface area contributed by atoms with Gasteiger partial charge in [-0.2, -0.15) is 0 Å². The van der Waals surface area contributed by atoms with Crippen molar-refractivity contribution in [3.63, 3.8) is 0 Å². The number of oxime groups is 1. The van der Waals surface area contributed by atoms with Gasteiger partial charge in [0.1, 0.15) is 5.71 Å². The monoisotopic (exact) mass is 407 g/mol. The van der Waals surface area contributed by atoms with Gasteiger partial charge in [-0.05, 0) is 49.1 Å². The molecule has 1 atom stereocenters. The van der Waals surface area contributed by atoms with Crippen LogP contribution in [0.3, 0.4) is 0 Å². The molecule has 2 N–H and O–H groups in total. The summed E-state index contributed by atoms with van der Waals surface area (Å²) in [6.45, 7) is 3.11. The Morgan fingerprint density at radius 3 is 2.87 bits per heavy atom. The van der Waals surface area contributed by atoms with E-state index in [0.29, 0.717) is 30.9 Å². The molecule has 0 radical (unpaired) electrons. The summed E-state index contributed by atoms with van der Waals surface area (Å²) < 4.78 is 0. The second-order valence-electron chi connectivity index (χ2n) is 7.69. The number of amides is 3. The van der Waals surface area contributed by atoms with Crippen LogP contribution in [0.5, 0.6) is 0 Å². The molecule has 2 aliphatic heterocycles. The van der Waals surface area contributed by atoms with Crippen molar-refractivity contribution in [1.29, 1.82) is 0 Å². The van der Waals surface area contributed by atoms with E-state index in [4.69, 9.17) is 4.84 Å². The van der Waals surface area contributed by atoms with Crippen LogP contribution in [-0.2, 0) is 16.1 Å². The van der Waals surface area contributed by atoms with Crippen LogP contribution in [0.15, 0.2) is 53.9 Å². The quantitative estimate of drug-likeness (QED) is 0.812. The van der Waals surface area contributed by atoms with Crippen LogP contribution < -0.4 is 10.6 Å². The van der Waals surface area contributed by atoms with Crippen LogP contribution in [0.4, 0.5) is 16.2 Å². The molecule has 0 saturated carbocycles. The van der Waals surface area contributed by atoms with Gasteiger partial charge in [0.05, 0.1) is 18.4 Å². The molecule has 2 aromatic rings. The maximum absolute atomic E-state index is 12.8. The highest BCUT2D eigenvalue weighted by atomic mass is 16.7. The fourth-order valence-electron chi connectivity index (χ4n) is 3.85. The van der Waals surface area contributed by atoms with Crippen LogP contribution in [0.1, 0.15) is 31.7 Å². The third kappa shape index (κ3) is 4.42. The van der Waals surface area contributed by atoms with Gasteiger partial charge in [-0.15, -0.1) is 0 Å². The molecule has 30 heavy (non-hydrogen) atoms. The van der Waals surface area contributed by atoms with Crippen LogP contribution >= 0.6 is 0 Å². The molecule has 3 heterocycles. The third-order valence-electron chi connectivity index (χ3n) is 5.43. The number of aromatic nitrogens is 1. The highest BCUT2D eigenvalue weighted by molar-refractivity contribution is 6.43. The Labute approximate surface area is 175 Å². The van der Waals surface area contributed by atoms with E-state index in [0.717, 1.165) is 24.9 Å².